The van der Waals surface area contributed by atoms with Crippen LogP contribution in [0.4, 0.5) is 15.9 Å². The second kappa shape index (κ2) is 10.2. The van der Waals surface area contributed by atoms with Crippen LogP contribution in [0.3, 0.4) is 0 Å². The van der Waals surface area contributed by atoms with Gasteiger partial charge in [0.25, 0.3) is 11.5 Å². The number of rotatable bonds is 9. The molecular weight excluding hydrogens is 451 g/mol. The van der Waals surface area contributed by atoms with Crippen LogP contribution in [-0.4, -0.2) is 42.3 Å². The Labute approximate surface area is 174 Å². The highest BCUT2D eigenvalue weighted by molar-refractivity contribution is 9.10. The van der Waals surface area contributed by atoms with E-state index in [-0.39, 0.29) is 37.0 Å². The van der Waals surface area contributed by atoms with Crippen LogP contribution in [0, 0.1) is 5.82 Å². The fourth-order valence-corrected chi connectivity index (χ4v) is 3.10. The third-order valence-electron chi connectivity index (χ3n) is 4.00. The summed E-state index contributed by atoms with van der Waals surface area (Å²) in [5, 5.41) is 0. The number of anilines is 2. The lowest BCUT2D eigenvalue weighted by molar-refractivity contribution is -0.120. The van der Waals surface area contributed by atoms with Crippen LogP contribution in [0.5, 0.6) is 5.75 Å². The average Bonchev–Trinajstić information content (AvgIpc) is 2.66. The van der Waals surface area contributed by atoms with E-state index < -0.39 is 29.6 Å². The number of nitrogens with one attached hydrogen (secondary N) is 1. The smallest absolute Gasteiger partial charge is 0.330 e. The number of aromatic amines is 1. The highest BCUT2D eigenvalue weighted by Gasteiger charge is 2.24. The number of hydrogen-bond donors (Lipinski definition) is 2. The van der Waals surface area contributed by atoms with Crippen molar-refractivity contribution in [3.05, 3.63) is 49.3 Å². The molecular formula is C18H22BrFN4O5. The maximum Gasteiger partial charge on any atom is 0.330 e. The van der Waals surface area contributed by atoms with E-state index in [1.165, 1.54) is 29.9 Å². The van der Waals surface area contributed by atoms with Gasteiger partial charge < -0.3 is 15.2 Å². The van der Waals surface area contributed by atoms with Crippen molar-refractivity contribution in [2.24, 2.45) is 0 Å². The van der Waals surface area contributed by atoms with Crippen molar-refractivity contribution in [2.45, 2.75) is 19.9 Å². The fraction of sp³-hybridized carbons (Fsp3) is 0.389. The van der Waals surface area contributed by atoms with Crippen LogP contribution >= 0.6 is 15.9 Å². The van der Waals surface area contributed by atoms with Crippen molar-refractivity contribution >= 4 is 33.3 Å². The molecule has 0 atom stereocenters. The number of carbonyl (C=O) groups is 1. The number of nitrogen functional groups attached to an aromatic ring is 1. The predicted octanol–water partition coefficient (Wildman–Crippen LogP) is 1.49. The molecule has 29 heavy (non-hydrogen) atoms. The van der Waals surface area contributed by atoms with E-state index in [2.05, 4.69) is 20.9 Å². The quantitative estimate of drug-likeness (QED) is 0.570. The molecule has 0 spiro atoms. The van der Waals surface area contributed by atoms with Crippen molar-refractivity contribution < 1.29 is 18.7 Å². The third kappa shape index (κ3) is 5.45. The molecule has 1 amide bonds. The first-order valence-corrected chi connectivity index (χ1v) is 9.59. The molecule has 0 aliphatic carbocycles. The highest BCUT2D eigenvalue weighted by Crippen LogP contribution is 2.25. The predicted molar refractivity (Wildman–Crippen MR) is 110 cm³/mol. The van der Waals surface area contributed by atoms with Crippen LogP contribution in [-0.2, 0) is 16.1 Å². The van der Waals surface area contributed by atoms with Crippen LogP contribution < -0.4 is 26.6 Å². The molecule has 0 aliphatic heterocycles. The van der Waals surface area contributed by atoms with Gasteiger partial charge in [0.15, 0.2) is 12.3 Å². The normalized spacial score (nSPS) is 10.8. The molecule has 2 aromatic rings. The number of methoxy groups -OCH3 is 1. The molecule has 1 aromatic carbocycles. The number of ether oxygens (including phenoxy) is 2. The van der Waals surface area contributed by atoms with Crippen LogP contribution in [0.25, 0.3) is 0 Å². The highest BCUT2D eigenvalue weighted by atomic mass is 79.9. The lowest BCUT2D eigenvalue weighted by Crippen LogP contribution is -2.44. The Morgan fingerprint density at radius 2 is 2.10 bits per heavy atom. The molecule has 3 N–H and O–H groups in total. The molecule has 0 unspecified atom stereocenters. The Hall–Kier alpha value is -2.66. The number of H-pyrrole nitrogens is 1. The minimum absolute atomic E-state index is 0.0148. The summed E-state index contributed by atoms with van der Waals surface area (Å²) in [6.07, 6.45) is 0.601. The topological polar surface area (TPSA) is 120 Å². The van der Waals surface area contributed by atoms with Gasteiger partial charge in [-0.3, -0.25) is 24.0 Å². The van der Waals surface area contributed by atoms with E-state index in [4.69, 9.17) is 15.2 Å². The molecule has 0 aliphatic rings. The van der Waals surface area contributed by atoms with E-state index in [0.717, 1.165) is 4.90 Å². The van der Waals surface area contributed by atoms with Gasteiger partial charge in [-0.05, 0) is 40.5 Å². The first kappa shape index (κ1) is 22.6. The molecule has 0 radical (unpaired) electrons. The number of benzene rings is 1. The Morgan fingerprint density at radius 3 is 2.72 bits per heavy atom. The summed E-state index contributed by atoms with van der Waals surface area (Å²) in [6, 6.07) is 3.76. The molecule has 0 fully saturated rings. The molecule has 0 saturated carbocycles. The molecule has 1 aromatic heterocycles. The molecule has 2 rings (SSSR count). The minimum Gasteiger partial charge on any atom is -0.483 e. The molecule has 1 heterocycles. The van der Waals surface area contributed by atoms with E-state index >= 15 is 0 Å². The van der Waals surface area contributed by atoms with Gasteiger partial charge in [-0.1, -0.05) is 6.92 Å². The van der Waals surface area contributed by atoms with Gasteiger partial charge >= 0.3 is 5.69 Å². The zero-order valence-electron chi connectivity index (χ0n) is 16.0. The number of hydrogen-bond acceptors (Lipinski definition) is 6. The Balaban J connectivity index is 2.36. The van der Waals surface area contributed by atoms with Gasteiger partial charge in [-0.15, -0.1) is 0 Å². The fourth-order valence-electron chi connectivity index (χ4n) is 2.64. The molecule has 0 saturated heterocycles. The Bertz CT molecular complexity index is 991. The summed E-state index contributed by atoms with van der Waals surface area (Å²) >= 11 is 3.16. The van der Waals surface area contributed by atoms with Crippen molar-refractivity contribution in [2.75, 3.05) is 37.5 Å². The number of nitrogens with two attached hydrogens (primary N) is 1. The van der Waals surface area contributed by atoms with Gasteiger partial charge in [-0.2, -0.15) is 0 Å². The van der Waals surface area contributed by atoms with E-state index in [1.807, 2.05) is 6.92 Å². The molecule has 9 nitrogen and oxygen atoms in total. The Kier molecular flexibility index (Phi) is 7.97. The summed E-state index contributed by atoms with van der Waals surface area (Å²) in [6.45, 7) is 1.82. The summed E-state index contributed by atoms with van der Waals surface area (Å²) in [4.78, 5) is 40.6. The Morgan fingerprint density at radius 1 is 1.38 bits per heavy atom. The summed E-state index contributed by atoms with van der Waals surface area (Å²) in [7, 11) is 1.44. The van der Waals surface area contributed by atoms with E-state index in [0.29, 0.717) is 10.9 Å². The standard InChI is InChI=1S/C18H22BrFN4O5/c1-3-6-24-16(21)15(17(26)22-18(24)27)23(7-8-28-2)14(25)10-29-13-5-4-11(20)9-12(13)19/h4-5,9H,3,6-8,10,21H2,1-2H3,(H,22,26,27). The number of carbonyl (C=O) groups excluding carboxylic acids is 1. The minimum atomic E-state index is -0.785. The van der Waals surface area contributed by atoms with Crippen LogP contribution in [0.1, 0.15) is 13.3 Å². The van der Waals surface area contributed by atoms with Crippen molar-refractivity contribution in [1.82, 2.24) is 9.55 Å². The van der Waals surface area contributed by atoms with Gasteiger partial charge in [-0.25, -0.2) is 9.18 Å². The maximum atomic E-state index is 13.2. The number of aromatic nitrogens is 2. The van der Waals surface area contributed by atoms with Gasteiger partial charge in [0.05, 0.1) is 11.1 Å². The summed E-state index contributed by atoms with van der Waals surface area (Å²) in [5.41, 5.74) is 4.46. The van der Waals surface area contributed by atoms with E-state index in [1.54, 1.807) is 0 Å². The number of halogens is 2. The monoisotopic (exact) mass is 472 g/mol. The number of amides is 1. The largest absolute Gasteiger partial charge is 0.483 e. The average molecular weight is 473 g/mol. The zero-order chi connectivity index (χ0) is 21.6. The van der Waals surface area contributed by atoms with Crippen molar-refractivity contribution in [1.29, 1.82) is 0 Å². The van der Waals surface area contributed by atoms with Gasteiger partial charge in [0.2, 0.25) is 0 Å². The first-order valence-electron chi connectivity index (χ1n) is 8.79. The molecule has 158 valence electrons. The van der Waals surface area contributed by atoms with Crippen molar-refractivity contribution in [3.8, 4) is 5.75 Å². The maximum absolute atomic E-state index is 13.2. The molecule has 0 bridgehead atoms. The lowest BCUT2D eigenvalue weighted by atomic mass is 10.3. The van der Waals surface area contributed by atoms with Gasteiger partial charge in [0.1, 0.15) is 17.4 Å². The second-order valence-corrected chi connectivity index (χ2v) is 6.90. The summed E-state index contributed by atoms with van der Waals surface area (Å²) < 4.78 is 25.2. The third-order valence-corrected chi connectivity index (χ3v) is 4.62. The number of nitrogens with zero attached hydrogens (tertiary/aromatic N) is 2. The summed E-state index contributed by atoms with van der Waals surface area (Å²) in [5.74, 6) is -0.913. The zero-order valence-corrected chi connectivity index (χ0v) is 17.6. The lowest BCUT2D eigenvalue weighted by Gasteiger charge is -2.24. The molecule has 11 heteroatoms. The van der Waals surface area contributed by atoms with Gasteiger partial charge in [0, 0.05) is 20.2 Å². The van der Waals surface area contributed by atoms with Crippen LogP contribution in [0.2, 0.25) is 0 Å². The van der Waals surface area contributed by atoms with Crippen molar-refractivity contribution in [3.63, 3.8) is 0 Å². The second-order valence-electron chi connectivity index (χ2n) is 6.05. The van der Waals surface area contributed by atoms with E-state index in [9.17, 15) is 18.8 Å². The SMILES string of the molecule is CCCn1c(N)c(N(CCOC)C(=O)COc2ccc(F)cc2Br)c(=O)[nH]c1=O. The first-order chi connectivity index (χ1) is 13.8. The van der Waals surface area contributed by atoms with Crippen LogP contribution in [0.15, 0.2) is 32.3 Å².